The number of imidazole rings is 1. The zero-order chi connectivity index (χ0) is 13.2. The third kappa shape index (κ3) is 3.01. The number of nitrogens with zero attached hydrogens (tertiary/aromatic N) is 3. The first kappa shape index (κ1) is 12.9. The van der Waals surface area contributed by atoms with Crippen LogP contribution in [0.3, 0.4) is 0 Å². The lowest BCUT2D eigenvalue weighted by Crippen LogP contribution is -2.40. The Kier molecular flexibility index (Phi) is 3.57. The van der Waals surface area contributed by atoms with Gasteiger partial charge in [0.15, 0.2) is 0 Å². The highest BCUT2D eigenvalue weighted by Crippen LogP contribution is 2.14. The number of hydrogen-bond acceptors (Lipinski definition) is 3. The highest BCUT2D eigenvalue weighted by molar-refractivity contribution is 5.51. The Bertz CT molecular complexity index is 510. The molecule has 1 N–H and O–H groups in total. The Balaban J connectivity index is 2.05. The van der Waals surface area contributed by atoms with Gasteiger partial charge in [-0.2, -0.15) is 0 Å². The summed E-state index contributed by atoms with van der Waals surface area (Å²) >= 11 is 0. The maximum absolute atomic E-state index is 4.30. The molecule has 2 aromatic heterocycles. The lowest BCUT2D eigenvalue weighted by molar-refractivity contribution is 0.430. The van der Waals surface area contributed by atoms with Crippen LogP contribution in [0.15, 0.2) is 30.6 Å². The van der Waals surface area contributed by atoms with E-state index in [-0.39, 0.29) is 5.54 Å². The predicted octanol–water partition coefficient (Wildman–Crippen LogP) is 2.16. The van der Waals surface area contributed by atoms with E-state index in [1.54, 1.807) is 0 Å². The van der Waals surface area contributed by atoms with E-state index in [9.17, 15) is 0 Å². The molecule has 2 aromatic rings. The van der Waals surface area contributed by atoms with Crippen LogP contribution in [0.2, 0.25) is 0 Å². The van der Waals surface area contributed by atoms with Crippen molar-refractivity contribution in [3.63, 3.8) is 0 Å². The van der Waals surface area contributed by atoms with Crippen molar-refractivity contribution in [2.75, 3.05) is 25.0 Å². The standard InChI is InChI=1S/C14H22N4/c1-14(2,3)16-9-10-17(4)13-7-5-6-12-15-8-11-18(12)13/h5-8,11,16H,9-10H2,1-4H3. The molecule has 0 fully saturated rings. The van der Waals surface area contributed by atoms with Gasteiger partial charge in [-0.3, -0.25) is 4.40 Å². The Labute approximate surface area is 109 Å². The summed E-state index contributed by atoms with van der Waals surface area (Å²) < 4.78 is 2.11. The first-order valence-electron chi connectivity index (χ1n) is 6.36. The quantitative estimate of drug-likeness (QED) is 0.897. The molecule has 0 bridgehead atoms. The van der Waals surface area contributed by atoms with E-state index in [0.717, 1.165) is 18.7 Å². The zero-order valence-corrected chi connectivity index (χ0v) is 11.6. The van der Waals surface area contributed by atoms with Crippen molar-refractivity contribution < 1.29 is 0 Å². The monoisotopic (exact) mass is 246 g/mol. The first-order chi connectivity index (χ1) is 8.47. The number of anilines is 1. The summed E-state index contributed by atoms with van der Waals surface area (Å²) in [6, 6.07) is 6.18. The fourth-order valence-electron chi connectivity index (χ4n) is 1.96. The summed E-state index contributed by atoms with van der Waals surface area (Å²) in [5.74, 6) is 1.17. The van der Waals surface area contributed by atoms with E-state index in [4.69, 9.17) is 0 Å². The molecular weight excluding hydrogens is 224 g/mol. The smallest absolute Gasteiger partial charge is 0.138 e. The van der Waals surface area contributed by atoms with Gasteiger partial charge >= 0.3 is 0 Å². The highest BCUT2D eigenvalue weighted by atomic mass is 15.2. The van der Waals surface area contributed by atoms with Crippen LogP contribution in [-0.2, 0) is 0 Å². The second-order valence-electron chi connectivity index (χ2n) is 5.64. The van der Waals surface area contributed by atoms with Gasteiger partial charge in [0.05, 0.1) is 0 Å². The van der Waals surface area contributed by atoms with Crippen LogP contribution < -0.4 is 10.2 Å². The molecule has 0 spiro atoms. The topological polar surface area (TPSA) is 32.6 Å². The van der Waals surface area contributed by atoms with Crippen LogP contribution in [0.5, 0.6) is 0 Å². The number of hydrogen-bond donors (Lipinski definition) is 1. The molecule has 0 atom stereocenters. The van der Waals surface area contributed by atoms with E-state index < -0.39 is 0 Å². The second kappa shape index (κ2) is 4.98. The van der Waals surface area contributed by atoms with Crippen molar-refractivity contribution in [1.82, 2.24) is 14.7 Å². The molecule has 0 radical (unpaired) electrons. The Morgan fingerprint density at radius 3 is 2.83 bits per heavy atom. The number of aromatic nitrogens is 2. The van der Waals surface area contributed by atoms with Crippen molar-refractivity contribution in [2.45, 2.75) is 26.3 Å². The van der Waals surface area contributed by atoms with Crippen LogP contribution in [0.25, 0.3) is 5.65 Å². The molecule has 0 saturated carbocycles. The molecule has 0 aliphatic rings. The fraction of sp³-hybridized carbons (Fsp3) is 0.500. The van der Waals surface area contributed by atoms with Crippen LogP contribution in [0.4, 0.5) is 5.82 Å². The molecule has 0 amide bonds. The maximum Gasteiger partial charge on any atom is 0.138 e. The first-order valence-corrected chi connectivity index (χ1v) is 6.36. The third-order valence-corrected chi connectivity index (χ3v) is 2.90. The Morgan fingerprint density at radius 1 is 1.33 bits per heavy atom. The van der Waals surface area contributed by atoms with Crippen molar-refractivity contribution in [3.8, 4) is 0 Å². The van der Waals surface area contributed by atoms with Crippen molar-refractivity contribution in [3.05, 3.63) is 30.6 Å². The molecule has 18 heavy (non-hydrogen) atoms. The summed E-state index contributed by atoms with van der Waals surface area (Å²) in [6.45, 7) is 8.48. The minimum absolute atomic E-state index is 0.169. The van der Waals surface area contributed by atoms with Crippen LogP contribution in [-0.4, -0.2) is 35.1 Å². The van der Waals surface area contributed by atoms with Gasteiger partial charge < -0.3 is 10.2 Å². The lowest BCUT2D eigenvalue weighted by Gasteiger charge is -2.25. The zero-order valence-electron chi connectivity index (χ0n) is 11.6. The van der Waals surface area contributed by atoms with Crippen molar-refractivity contribution in [2.24, 2.45) is 0 Å². The second-order valence-corrected chi connectivity index (χ2v) is 5.64. The SMILES string of the molecule is CN(CCNC(C)(C)C)c1cccc2nccn12. The van der Waals surface area contributed by atoms with Gasteiger partial charge in [-0.1, -0.05) is 6.07 Å². The summed E-state index contributed by atoms with van der Waals surface area (Å²) in [5, 5.41) is 3.50. The van der Waals surface area contributed by atoms with Gasteiger partial charge in [0.1, 0.15) is 11.5 Å². The van der Waals surface area contributed by atoms with Crippen LogP contribution >= 0.6 is 0 Å². The molecule has 0 saturated heterocycles. The molecule has 2 rings (SSSR count). The molecule has 0 aliphatic carbocycles. The minimum atomic E-state index is 0.169. The predicted molar refractivity (Wildman–Crippen MR) is 76.2 cm³/mol. The van der Waals surface area contributed by atoms with E-state index in [1.807, 2.05) is 24.5 Å². The minimum Gasteiger partial charge on any atom is -0.359 e. The number of fused-ring (bicyclic) bond motifs is 1. The van der Waals surface area contributed by atoms with Gasteiger partial charge in [0.2, 0.25) is 0 Å². The van der Waals surface area contributed by atoms with Crippen LogP contribution in [0, 0.1) is 0 Å². The normalized spacial score (nSPS) is 12.0. The van der Waals surface area contributed by atoms with E-state index >= 15 is 0 Å². The van der Waals surface area contributed by atoms with Gasteiger partial charge in [0.25, 0.3) is 0 Å². The van der Waals surface area contributed by atoms with E-state index in [1.165, 1.54) is 5.82 Å². The van der Waals surface area contributed by atoms with Crippen molar-refractivity contribution in [1.29, 1.82) is 0 Å². The largest absolute Gasteiger partial charge is 0.359 e. The molecule has 0 aromatic carbocycles. The van der Waals surface area contributed by atoms with Crippen LogP contribution in [0.1, 0.15) is 20.8 Å². The average molecular weight is 246 g/mol. The lowest BCUT2D eigenvalue weighted by atomic mass is 10.1. The maximum atomic E-state index is 4.30. The summed E-state index contributed by atoms with van der Waals surface area (Å²) in [5.41, 5.74) is 1.16. The van der Waals surface area contributed by atoms with Gasteiger partial charge in [-0.25, -0.2) is 4.98 Å². The number of nitrogens with one attached hydrogen (secondary N) is 1. The molecule has 2 heterocycles. The van der Waals surface area contributed by atoms with Gasteiger partial charge in [-0.05, 0) is 32.9 Å². The summed E-state index contributed by atoms with van der Waals surface area (Å²) in [7, 11) is 2.11. The third-order valence-electron chi connectivity index (χ3n) is 2.90. The molecule has 4 heteroatoms. The van der Waals surface area contributed by atoms with E-state index in [0.29, 0.717) is 0 Å². The van der Waals surface area contributed by atoms with E-state index in [2.05, 4.69) is 53.5 Å². The Hall–Kier alpha value is -1.55. The molecule has 98 valence electrons. The summed E-state index contributed by atoms with van der Waals surface area (Å²) in [6.07, 6.45) is 3.83. The number of rotatable bonds is 4. The molecular formula is C14H22N4. The summed E-state index contributed by atoms with van der Waals surface area (Å²) in [4.78, 5) is 6.55. The fourth-order valence-corrected chi connectivity index (χ4v) is 1.96. The highest BCUT2D eigenvalue weighted by Gasteiger charge is 2.10. The molecule has 0 unspecified atom stereocenters. The van der Waals surface area contributed by atoms with Crippen molar-refractivity contribution >= 4 is 11.5 Å². The molecule has 4 nitrogen and oxygen atoms in total. The average Bonchev–Trinajstić information content (AvgIpc) is 2.74. The van der Waals surface area contributed by atoms with Gasteiger partial charge in [0, 0.05) is 38.1 Å². The number of pyridine rings is 1. The molecule has 0 aliphatic heterocycles. The number of likely N-dealkylation sites (N-methyl/N-ethyl adjacent to an activating group) is 1. The Morgan fingerprint density at radius 2 is 2.11 bits per heavy atom. The van der Waals surface area contributed by atoms with Gasteiger partial charge in [-0.15, -0.1) is 0 Å².